The van der Waals surface area contributed by atoms with Gasteiger partial charge in [-0.15, -0.1) is 0 Å². The van der Waals surface area contributed by atoms with Crippen molar-refractivity contribution in [2.45, 2.75) is 12.5 Å². The van der Waals surface area contributed by atoms with Crippen LogP contribution in [0.1, 0.15) is 22.7 Å². The first-order valence-corrected chi connectivity index (χ1v) is 7.19. The summed E-state index contributed by atoms with van der Waals surface area (Å²) in [7, 11) is 0. The maximum Gasteiger partial charge on any atom is 0.174 e. The highest BCUT2D eigenvalue weighted by molar-refractivity contribution is 9.10. The van der Waals surface area contributed by atoms with Gasteiger partial charge in [0.2, 0.25) is 0 Å². The van der Waals surface area contributed by atoms with Gasteiger partial charge in [0.05, 0.1) is 18.9 Å². The number of benzene rings is 1. The highest BCUT2D eigenvalue weighted by Gasteiger charge is 2.24. The van der Waals surface area contributed by atoms with Crippen molar-refractivity contribution >= 4 is 31.9 Å². The van der Waals surface area contributed by atoms with Crippen LogP contribution >= 0.6 is 31.9 Å². The molecule has 94 valence electrons. The van der Waals surface area contributed by atoms with Crippen LogP contribution < -0.4 is 10.5 Å². The van der Waals surface area contributed by atoms with Gasteiger partial charge in [-0.2, -0.15) is 0 Å². The molecule has 2 heterocycles. The standard InChI is InChI=1S/C13H11Br2NO2/c14-8-5-7-1-3-17-12(7)10(6-8)11(16)9-2-4-18-13(9)15/h2,4-6,11H,1,3,16H2. The molecule has 0 radical (unpaired) electrons. The molecule has 1 unspecified atom stereocenters. The van der Waals surface area contributed by atoms with E-state index >= 15 is 0 Å². The number of nitrogens with two attached hydrogens (primary N) is 1. The number of fused-ring (bicyclic) bond motifs is 1. The molecule has 2 aromatic rings. The van der Waals surface area contributed by atoms with Crippen LogP contribution in [-0.4, -0.2) is 6.61 Å². The van der Waals surface area contributed by atoms with E-state index in [0.29, 0.717) is 4.67 Å². The topological polar surface area (TPSA) is 48.4 Å². The molecule has 1 aliphatic rings. The van der Waals surface area contributed by atoms with Gasteiger partial charge in [-0.1, -0.05) is 15.9 Å². The molecule has 1 aromatic carbocycles. The van der Waals surface area contributed by atoms with E-state index in [-0.39, 0.29) is 6.04 Å². The number of halogens is 2. The van der Waals surface area contributed by atoms with Gasteiger partial charge in [-0.05, 0) is 39.7 Å². The Balaban J connectivity index is 2.10. The van der Waals surface area contributed by atoms with Crippen LogP contribution in [0.15, 0.2) is 38.0 Å². The molecule has 0 saturated heterocycles. The maximum absolute atomic E-state index is 6.31. The normalized spacial score (nSPS) is 15.3. The summed E-state index contributed by atoms with van der Waals surface area (Å²) in [6, 6.07) is 5.70. The minimum absolute atomic E-state index is 0.262. The second-order valence-corrected chi connectivity index (χ2v) is 5.84. The van der Waals surface area contributed by atoms with E-state index < -0.39 is 0 Å². The lowest BCUT2D eigenvalue weighted by Gasteiger charge is -2.15. The minimum Gasteiger partial charge on any atom is -0.493 e. The molecule has 0 spiro atoms. The first kappa shape index (κ1) is 12.3. The lowest BCUT2D eigenvalue weighted by Crippen LogP contribution is -2.12. The number of hydrogen-bond donors (Lipinski definition) is 1. The van der Waals surface area contributed by atoms with Crippen LogP contribution in [0.5, 0.6) is 5.75 Å². The molecule has 18 heavy (non-hydrogen) atoms. The molecular formula is C13H11Br2NO2. The summed E-state index contributed by atoms with van der Waals surface area (Å²) in [4.78, 5) is 0. The van der Waals surface area contributed by atoms with Gasteiger partial charge < -0.3 is 14.9 Å². The Bertz CT molecular complexity index is 595. The molecule has 0 saturated carbocycles. The molecule has 3 nitrogen and oxygen atoms in total. The predicted molar refractivity (Wildman–Crippen MR) is 75.8 cm³/mol. The van der Waals surface area contributed by atoms with Crippen LogP contribution in [0, 0.1) is 0 Å². The van der Waals surface area contributed by atoms with Crippen LogP contribution in [0.4, 0.5) is 0 Å². The summed E-state index contributed by atoms with van der Waals surface area (Å²) in [5.41, 5.74) is 9.42. The van der Waals surface area contributed by atoms with Gasteiger partial charge >= 0.3 is 0 Å². The second kappa shape index (κ2) is 4.72. The van der Waals surface area contributed by atoms with E-state index in [1.54, 1.807) is 6.26 Å². The highest BCUT2D eigenvalue weighted by Crippen LogP contribution is 2.39. The molecule has 2 N–H and O–H groups in total. The summed E-state index contributed by atoms with van der Waals surface area (Å²) in [6.45, 7) is 0.720. The zero-order valence-corrected chi connectivity index (χ0v) is 12.6. The first-order chi connectivity index (χ1) is 8.66. The average molecular weight is 373 g/mol. The Morgan fingerprint density at radius 1 is 1.22 bits per heavy atom. The molecule has 1 atom stereocenters. The molecule has 0 bridgehead atoms. The zero-order valence-electron chi connectivity index (χ0n) is 9.45. The second-order valence-electron chi connectivity index (χ2n) is 4.21. The largest absolute Gasteiger partial charge is 0.493 e. The quantitative estimate of drug-likeness (QED) is 0.872. The Kier molecular flexibility index (Phi) is 3.21. The molecular weight excluding hydrogens is 362 g/mol. The summed E-state index contributed by atoms with van der Waals surface area (Å²) < 4.78 is 12.6. The number of hydrogen-bond acceptors (Lipinski definition) is 3. The van der Waals surface area contributed by atoms with Gasteiger partial charge in [-0.3, -0.25) is 0 Å². The number of furan rings is 1. The molecule has 3 rings (SSSR count). The summed E-state index contributed by atoms with van der Waals surface area (Å²) >= 11 is 6.88. The Hall–Kier alpha value is -0.780. The third kappa shape index (κ3) is 2.00. The van der Waals surface area contributed by atoms with Crippen molar-refractivity contribution < 1.29 is 9.15 Å². The fourth-order valence-electron chi connectivity index (χ4n) is 2.22. The lowest BCUT2D eigenvalue weighted by molar-refractivity contribution is 0.352. The van der Waals surface area contributed by atoms with Crippen molar-refractivity contribution in [1.29, 1.82) is 0 Å². The molecule has 1 aliphatic heterocycles. The Labute approximate surface area is 122 Å². The fourth-order valence-corrected chi connectivity index (χ4v) is 3.23. The van der Waals surface area contributed by atoms with E-state index in [4.69, 9.17) is 14.9 Å². The molecule has 0 fully saturated rings. The lowest BCUT2D eigenvalue weighted by atomic mass is 9.98. The third-order valence-corrected chi connectivity index (χ3v) is 4.20. The van der Waals surface area contributed by atoms with E-state index in [2.05, 4.69) is 37.9 Å². The molecule has 0 aliphatic carbocycles. The zero-order chi connectivity index (χ0) is 12.7. The van der Waals surface area contributed by atoms with E-state index in [0.717, 1.165) is 34.4 Å². The smallest absolute Gasteiger partial charge is 0.174 e. The molecule has 5 heteroatoms. The van der Waals surface area contributed by atoms with Crippen LogP contribution in [0.25, 0.3) is 0 Å². The van der Waals surface area contributed by atoms with Gasteiger partial charge in [0.25, 0.3) is 0 Å². The van der Waals surface area contributed by atoms with Crippen LogP contribution in [0.3, 0.4) is 0 Å². The van der Waals surface area contributed by atoms with Crippen molar-refractivity contribution in [3.63, 3.8) is 0 Å². The van der Waals surface area contributed by atoms with Gasteiger partial charge in [0.15, 0.2) is 4.67 Å². The number of rotatable bonds is 2. The Morgan fingerprint density at radius 3 is 2.78 bits per heavy atom. The number of ether oxygens (including phenoxy) is 1. The predicted octanol–water partition coefficient (Wildman–Crippen LogP) is 3.79. The summed E-state index contributed by atoms with van der Waals surface area (Å²) in [6.07, 6.45) is 2.55. The van der Waals surface area contributed by atoms with Crippen molar-refractivity contribution in [3.8, 4) is 5.75 Å². The fraction of sp³-hybridized carbons (Fsp3) is 0.231. The summed E-state index contributed by atoms with van der Waals surface area (Å²) in [5.74, 6) is 0.916. The first-order valence-electron chi connectivity index (χ1n) is 5.60. The van der Waals surface area contributed by atoms with Gasteiger partial charge in [-0.25, -0.2) is 0 Å². The van der Waals surface area contributed by atoms with Crippen molar-refractivity contribution in [2.75, 3.05) is 6.61 Å². The van der Waals surface area contributed by atoms with Gasteiger partial charge in [0, 0.05) is 22.0 Å². The monoisotopic (exact) mass is 371 g/mol. The van der Waals surface area contributed by atoms with Crippen molar-refractivity contribution in [1.82, 2.24) is 0 Å². The average Bonchev–Trinajstić information content (AvgIpc) is 2.95. The van der Waals surface area contributed by atoms with Crippen molar-refractivity contribution in [2.24, 2.45) is 5.73 Å². The van der Waals surface area contributed by atoms with E-state index in [9.17, 15) is 0 Å². The van der Waals surface area contributed by atoms with Gasteiger partial charge in [0.1, 0.15) is 5.75 Å². The van der Waals surface area contributed by atoms with Crippen LogP contribution in [-0.2, 0) is 6.42 Å². The third-order valence-electron chi connectivity index (χ3n) is 3.09. The maximum atomic E-state index is 6.31. The Morgan fingerprint density at radius 2 is 2.06 bits per heavy atom. The van der Waals surface area contributed by atoms with Crippen molar-refractivity contribution in [3.05, 3.63) is 50.3 Å². The minimum atomic E-state index is -0.262. The molecule has 1 aromatic heterocycles. The van der Waals surface area contributed by atoms with E-state index in [1.807, 2.05) is 12.1 Å². The summed E-state index contributed by atoms with van der Waals surface area (Å²) in [5, 5.41) is 0. The highest BCUT2D eigenvalue weighted by atomic mass is 79.9. The van der Waals surface area contributed by atoms with Crippen LogP contribution in [0.2, 0.25) is 0 Å². The molecule has 0 amide bonds. The van der Waals surface area contributed by atoms with E-state index in [1.165, 1.54) is 5.56 Å². The SMILES string of the molecule is NC(c1ccoc1Br)c1cc(Br)cc2c1OCC2.